The van der Waals surface area contributed by atoms with E-state index in [1.165, 1.54) is 5.56 Å². The molecule has 0 aliphatic carbocycles. The summed E-state index contributed by atoms with van der Waals surface area (Å²) in [5, 5.41) is 3.00. The molecule has 0 radical (unpaired) electrons. The molecule has 6 nitrogen and oxygen atoms in total. The number of hydrogen-bond acceptors (Lipinski definition) is 3. The van der Waals surface area contributed by atoms with Gasteiger partial charge in [-0.25, -0.2) is 4.98 Å². The second-order valence-electron chi connectivity index (χ2n) is 9.46. The summed E-state index contributed by atoms with van der Waals surface area (Å²) < 4.78 is 9.46. The highest BCUT2D eigenvalue weighted by Gasteiger charge is 2.21. The molecule has 2 aromatic heterocycles. The van der Waals surface area contributed by atoms with Gasteiger partial charge in [0.2, 0.25) is 0 Å². The SMILES string of the molecule is COCCN(C)C(=O)c1cn(Cc2cncn2CCc2ccc(Cl)cc2)cc1-c1cccc2ccccc12. The molecule has 0 aliphatic heterocycles. The van der Waals surface area contributed by atoms with Crippen LogP contribution in [0.4, 0.5) is 0 Å². The number of ether oxygens (including phenoxy) is 1. The van der Waals surface area contributed by atoms with Crippen molar-refractivity contribution in [2.45, 2.75) is 19.5 Å². The van der Waals surface area contributed by atoms with E-state index in [2.05, 4.69) is 56.7 Å². The maximum Gasteiger partial charge on any atom is 0.255 e. The summed E-state index contributed by atoms with van der Waals surface area (Å²) in [5.41, 5.74) is 4.93. The maximum absolute atomic E-state index is 13.6. The van der Waals surface area contributed by atoms with Crippen molar-refractivity contribution in [2.75, 3.05) is 27.3 Å². The molecule has 194 valence electrons. The number of methoxy groups -OCH3 is 1. The molecule has 0 fully saturated rings. The fourth-order valence-electron chi connectivity index (χ4n) is 4.75. The first-order chi connectivity index (χ1) is 18.5. The van der Waals surface area contributed by atoms with E-state index in [-0.39, 0.29) is 5.91 Å². The average molecular weight is 527 g/mol. The lowest BCUT2D eigenvalue weighted by atomic mass is 9.97. The van der Waals surface area contributed by atoms with Crippen molar-refractivity contribution in [3.05, 3.63) is 113 Å². The summed E-state index contributed by atoms with van der Waals surface area (Å²) in [6.07, 6.45) is 8.67. The van der Waals surface area contributed by atoms with Gasteiger partial charge in [-0.15, -0.1) is 0 Å². The number of hydrogen-bond donors (Lipinski definition) is 0. The first-order valence-corrected chi connectivity index (χ1v) is 13.1. The summed E-state index contributed by atoms with van der Waals surface area (Å²) >= 11 is 6.03. The molecular weight excluding hydrogens is 496 g/mol. The molecular formula is C31H31ClN4O2. The molecule has 0 bridgehead atoms. The standard InChI is InChI=1S/C31H31ClN4O2/c1-34(16-17-38-2)31(37)30-21-35(20-29(30)28-9-5-7-24-6-3-4-8-27(24)28)19-26-18-33-22-36(26)15-14-23-10-12-25(32)13-11-23/h3-13,18,20-22H,14-17,19H2,1-2H3. The van der Waals surface area contributed by atoms with Gasteiger partial charge in [0, 0.05) is 56.4 Å². The fourth-order valence-corrected chi connectivity index (χ4v) is 4.87. The van der Waals surface area contributed by atoms with E-state index >= 15 is 0 Å². The Balaban J connectivity index is 1.46. The predicted molar refractivity (Wildman–Crippen MR) is 153 cm³/mol. The van der Waals surface area contributed by atoms with Gasteiger partial charge in [-0.3, -0.25) is 4.79 Å². The highest BCUT2D eigenvalue weighted by atomic mass is 35.5. The van der Waals surface area contributed by atoms with Gasteiger partial charge in [-0.1, -0.05) is 66.2 Å². The first kappa shape index (κ1) is 25.8. The highest BCUT2D eigenvalue weighted by molar-refractivity contribution is 6.30. The van der Waals surface area contributed by atoms with E-state index in [0.717, 1.165) is 45.6 Å². The molecule has 0 N–H and O–H groups in total. The van der Waals surface area contributed by atoms with Gasteiger partial charge in [0.05, 0.1) is 30.7 Å². The van der Waals surface area contributed by atoms with Crippen LogP contribution in [0.15, 0.2) is 91.6 Å². The lowest BCUT2D eigenvalue weighted by Gasteiger charge is -2.17. The number of aromatic nitrogens is 3. The fraction of sp³-hybridized carbons (Fsp3) is 0.226. The minimum atomic E-state index is -0.0278. The van der Waals surface area contributed by atoms with E-state index < -0.39 is 0 Å². The van der Waals surface area contributed by atoms with Gasteiger partial charge in [0.25, 0.3) is 5.91 Å². The normalized spacial score (nSPS) is 11.2. The third-order valence-electron chi connectivity index (χ3n) is 6.87. The van der Waals surface area contributed by atoms with E-state index in [0.29, 0.717) is 25.3 Å². The van der Waals surface area contributed by atoms with E-state index in [4.69, 9.17) is 16.3 Å². The molecule has 1 amide bonds. The zero-order chi connectivity index (χ0) is 26.5. The van der Waals surface area contributed by atoms with Crippen molar-refractivity contribution in [3.8, 4) is 11.1 Å². The third kappa shape index (κ3) is 5.67. The number of amides is 1. The zero-order valence-corrected chi connectivity index (χ0v) is 22.4. The number of nitrogens with zero attached hydrogens (tertiary/aromatic N) is 4. The Labute approximate surface area is 228 Å². The van der Waals surface area contributed by atoms with Gasteiger partial charge in [-0.2, -0.15) is 0 Å². The Morgan fingerprint density at radius 1 is 1.00 bits per heavy atom. The lowest BCUT2D eigenvalue weighted by Crippen LogP contribution is -2.30. The number of aryl methyl sites for hydroxylation is 2. The third-order valence-corrected chi connectivity index (χ3v) is 7.12. The summed E-state index contributed by atoms with van der Waals surface area (Å²) in [6.45, 7) is 2.42. The molecule has 0 spiro atoms. The molecule has 0 saturated heterocycles. The van der Waals surface area contributed by atoms with Crippen molar-refractivity contribution in [3.63, 3.8) is 0 Å². The van der Waals surface area contributed by atoms with Crippen LogP contribution < -0.4 is 0 Å². The van der Waals surface area contributed by atoms with Crippen LogP contribution in [-0.2, 0) is 24.2 Å². The first-order valence-electron chi connectivity index (χ1n) is 12.7. The predicted octanol–water partition coefficient (Wildman–Crippen LogP) is 6.17. The van der Waals surface area contributed by atoms with Crippen molar-refractivity contribution in [2.24, 2.45) is 0 Å². The molecule has 5 rings (SSSR count). The van der Waals surface area contributed by atoms with E-state index in [1.807, 2.05) is 56.1 Å². The Morgan fingerprint density at radius 2 is 1.79 bits per heavy atom. The molecule has 0 unspecified atom stereocenters. The molecule has 5 aromatic rings. The zero-order valence-electron chi connectivity index (χ0n) is 21.7. The van der Waals surface area contributed by atoms with Crippen LogP contribution in [0.5, 0.6) is 0 Å². The second-order valence-corrected chi connectivity index (χ2v) is 9.90. The topological polar surface area (TPSA) is 52.3 Å². The van der Waals surface area contributed by atoms with Gasteiger partial charge in [-0.05, 0) is 40.5 Å². The largest absolute Gasteiger partial charge is 0.383 e. The molecule has 0 atom stereocenters. The number of rotatable bonds is 10. The quantitative estimate of drug-likeness (QED) is 0.219. The van der Waals surface area contributed by atoms with Crippen LogP contribution in [0.1, 0.15) is 21.6 Å². The molecule has 7 heteroatoms. The maximum atomic E-state index is 13.6. The van der Waals surface area contributed by atoms with Gasteiger partial charge in [0.1, 0.15) is 0 Å². The smallest absolute Gasteiger partial charge is 0.255 e. The number of carbonyl (C=O) groups is 1. The Kier molecular flexibility index (Phi) is 7.91. The minimum Gasteiger partial charge on any atom is -0.383 e. The van der Waals surface area contributed by atoms with Crippen LogP contribution in [0.3, 0.4) is 0 Å². The second kappa shape index (κ2) is 11.7. The van der Waals surface area contributed by atoms with Crippen LogP contribution in [0, 0.1) is 0 Å². The number of fused-ring (bicyclic) bond motifs is 1. The lowest BCUT2D eigenvalue weighted by molar-refractivity contribution is 0.0745. The average Bonchev–Trinajstić information content (AvgIpc) is 3.57. The Bertz CT molecular complexity index is 1530. The molecule has 0 aliphatic rings. The molecule has 2 heterocycles. The van der Waals surface area contributed by atoms with E-state index in [1.54, 1.807) is 12.0 Å². The summed E-state index contributed by atoms with van der Waals surface area (Å²) in [7, 11) is 3.46. The summed E-state index contributed by atoms with van der Waals surface area (Å²) in [6, 6.07) is 22.5. The monoisotopic (exact) mass is 526 g/mol. The van der Waals surface area contributed by atoms with Crippen molar-refractivity contribution < 1.29 is 9.53 Å². The number of imidazole rings is 1. The number of carbonyl (C=O) groups excluding carboxylic acids is 1. The van der Waals surface area contributed by atoms with Crippen LogP contribution >= 0.6 is 11.6 Å². The summed E-state index contributed by atoms with van der Waals surface area (Å²) in [5.74, 6) is -0.0278. The van der Waals surface area contributed by atoms with Crippen LogP contribution in [-0.4, -0.2) is 52.2 Å². The molecule has 38 heavy (non-hydrogen) atoms. The molecule has 3 aromatic carbocycles. The highest BCUT2D eigenvalue weighted by Crippen LogP contribution is 2.32. The number of halogens is 1. The van der Waals surface area contributed by atoms with Gasteiger partial charge < -0.3 is 18.8 Å². The Hall–Kier alpha value is -3.87. The van der Waals surface area contributed by atoms with Crippen molar-refractivity contribution in [1.82, 2.24) is 19.0 Å². The van der Waals surface area contributed by atoms with Gasteiger partial charge in [0.15, 0.2) is 0 Å². The Morgan fingerprint density at radius 3 is 2.61 bits per heavy atom. The minimum absolute atomic E-state index is 0.0278. The van der Waals surface area contributed by atoms with E-state index in [9.17, 15) is 4.79 Å². The van der Waals surface area contributed by atoms with Crippen LogP contribution in [0.2, 0.25) is 5.02 Å². The van der Waals surface area contributed by atoms with Gasteiger partial charge >= 0.3 is 0 Å². The number of benzene rings is 3. The molecule has 0 saturated carbocycles. The van der Waals surface area contributed by atoms with Crippen molar-refractivity contribution in [1.29, 1.82) is 0 Å². The number of likely N-dealkylation sites (N-methyl/N-ethyl adjacent to an activating group) is 1. The van der Waals surface area contributed by atoms with Crippen LogP contribution in [0.25, 0.3) is 21.9 Å². The van der Waals surface area contributed by atoms with Crippen molar-refractivity contribution >= 4 is 28.3 Å². The summed E-state index contributed by atoms with van der Waals surface area (Å²) in [4.78, 5) is 19.7.